The SMILES string of the molecule is O=C(O)c1cc(-c2ccc(O)cc2)nc2n[nH]c([C@H]3C[C@@H]3c3ccccc3)c12. The fourth-order valence-corrected chi connectivity index (χ4v) is 3.85. The molecule has 3 N–H and O–H groups in total. The Kier molecular flexibility index (Phi) is 3.65. The Balaban J connectivity index is 1.60. The van der Waals surface area contributed by atoms with Gasteiger partial charge in [-0.05, 0) is 48.2 Å². The first kappa shape index (κ1) is 16.5. The van der Waals surface area contributed by atoms with Crippen LogP contribution in [0.15, 0.2) is 60.7 Å². The number of fused-ring (bicyclic) bond motifs is 1. The Morgan fingerprint density at radius 2 is 1.79 bits per heavy atom. The Morgan fingerprint density at radius 1 is 1.04 bits per heavy atom. The van der Waals surface area contributed by atoms with Crippen LogP contribution in [0.25, 0.3) is 22.3 Å². The molecule has 6 heteroatoms. The zero-order valence-corrected chi connectivity index (χ0v) is 14.8. The van der Waals surface area contributed by atoms with Gasteiger partial charge in [0.25, 0.3) is 0 Å². The third kappa shape index (κ3) is 2.70. The van der Waals surface area contributed by atoms with Crippen LogP contribution in [0.5, 0.6) is 5.75 Å². The summed E-state index contributed by atoms with van der Waals surface area (Å²) in [6, 6.07) is 18.3. The van der Waals surface area contributed by atoms with Crippen LogP contribution in [0.2, 0.25) is 0 Å². The summed E-state index contributed by atoms with van der Waals surface area (Å²) in [5.74, 6) is -0.284. The average Bonchev–Trinajstić information content (AvgIpc) is 3.40. The van der Waals surface area contributed by atoms with Gasteiger partial charge in [0.15, 0.2) is 5.65 Å². The van der Waals surface area contributed by atoms with E-state index in [1.54, 1.807) is 30.3 Å². The molecule has 0 amide bonds. The largest absolute Gasteiger partial charge is 0.508 e. The molecule has 4 aromatic rings. The Labute approximate surface area is 160 Å². The van der Waals surface area contributed by atoms with E-state index in [1.165, 1.54) is 5.56 Å². The molecule has 1 aliphatic carbocycles. The maximum Gasteiger partial charge on any atom is 0.336 e. The van der Waals surface area contributed by atoms with E-state index in [4.69, 9.17) is 0 Å². The minimum absolute atomic E-state index is 0.144. The van der Waals surface area contributed by atoms with Gasteiger partial charge in [-0.25, -0.2) is 9.78 Å². The van der Waals surface area contributed by atoms with Crippen LogP contribution < -0.4 is 0 Å². The number of carboxylic acid groups (broad SMARTS) is 1. The summed E-state index contributed by atoms with van der Waals surface area (Å²) in [4.78, 5) is 16.5. The molecule has 0 unspecified atom stereocenters. The van der Waals surface area contributed by atoms with Crippen molar-refractivity contribution >= 4 is 17.0 Å². The number of aromatic amines is 1. The van der Waals surface area contributed by atoms with E-state index < -0.39 is 5.97 Å². The van der Waals surface area contributed by atoms with Crippen molar-refractivity contribution in [2.75, 3.05) is 0 Å². The molecule has 1 fully saturated rings. The van der Waals surface area contributed by atoms with Gasteiger partial charge in [0.2, 0.25) is 0 Å². The summed E-state index contributed by atoms with van der Waals surface area (Å²) in [5.41, 5.74) is 3.91. The topological polar surface area (TPSA) is 99.1 Å². The van der Waals surface area contributed by atoms with Gasteiger partial charge in [0.05, 0.1) is 16.6 Å². The summed E-state index contributed by atoms with van der Waals surface area (Å²) >= 11 is 0. The van der Waals surface area contributed by atoms with Crippen molar-refractivity contribution < 1.29 is 15.0 Å². The van der Waals surface area contributed by atoms with Gasteiger partial charge >= 0.3 is 5.97 Å². The van der Waals surface area contributed by atoms with Crippen LogP contribution in [0, 0.1) is 0 Å². The predicted molar refractivity (Wildman–Crippen MR) is 104 cm³/mol. The first-order chi connectivity index (χ1) is 13.6. The quantitative estimate of drug-likeness (QED) is 0.497. The van der Waals surface area contributed by atoms with E-state index in [0.717, 1.165) is 17.7 Å². The van der Waals surface area contributed by atoms with Crippen molar-refractivity contribution in [1.29, 1.82) is 0 Å². The zero-order chi connectivity index (χ0) is 19.3. The van der Waals surface area contributed by atoms with Crippen molar-refractivity contribution in [2.24, 2.45) is 0 Å². The molecule has 5 rings (SSSR count). The summed E-state index contributed by atoms with van der Waals surface area (Å²) in [6.45, 7) is 0. The van der Waals surface area contributed by atoms with E-state index in [0.29, 0.717) is 22.6 Å². The molecule has 0 radical (unpaired) electrons. The Morgan fingerprint density at radius 3 is 2.50 bits per heavy atom. The number of carbonyl (C=O) groups is 1. The fourth-order valence-electron chi connectivity index (χ4n) is 3.85. The molecule has 138 valence electrons. The van der Waals surface area contributed by atoms with Crippen LogP contribution in [0.4, 0.5) is 0 Å². The van der Waals surface area contributed by atoms with Crippen molar-refractivity contribution in [2.45, 2.75) is 18.3 Å². The van der Waals surface area contributed by atoms with Crippen LogP contribution in [0.1, 0.15) is 39.9 Å². The molecule has 2 aromatic heterocycles. The highest BCUT2D eigenvalue weighted by Crippen LogP contribution is 2.55. The van der Waals surface area contributed by atoms with Gasteiger partial charge in [-0.2, -0.15) is 5.10 Å². The van der Waals surface area contributed by atoms with Gasteiger partial charge in [0.1, 0.15) is 5.75 Å². The minimum Gasteiger partial charge on any atom is -0.508 e. The van der Waals surface area contributed by atoms with Crippen LogP contribution in [0.3, 0.4) is 0 Å². The van der Waals surface area contributed by atoms with Gasteiger partial charge in [-0.15, -0.1) is 0 Å². The molecule has 2 aromatic carbocycles. The van der Waals surface area contributed by atoms with E-state index in [-0.39, 0.29) is 17.2 Å². The number of nitrogens with one attached hydrogen (secondary N) is 1. The smallest absolute Gasteiger partial charge is 0.336 e. The number of H-pyrrole nitrogens is 1. The molecule has 6 nitrogen and oxygen atoms in total. The first-order valence-electron chi connectivity index (χ1n) is 9.08. The zero-order valence-electron chi connectivity index (χ0n) is 14.8. The highest BCUT2D eigenvalue weighted by atomic mass is 16.4. The number of pyridine rings is 1. The fraction of sp³-hybridized carbons (Fsp3) is 0.136. The Hall–Kier alpha value is -3.67. The number of carboxylic acids is 1. The van der Waals surface area contributed by atoms with Crippen molar-refractivity contribution in [1.82, 2.24) is 15.2 Å². The molecule has 0 bridgehead atoms. The van der Waals surface area contributed by atoms with E-state index in [2.05, 4.69) is 27.3 Å². The number of hydrogen-bond donors (Lipinski definition) is 3. The van der Waals surface area contributed by atoms with Crippen LogP contribution in [-0.2, 0) is 0 Å². The first-order valence-corrected chi connectivity index (χ1v) is 9.08. The van der Waals surface area contributed by atoms with Crippen molar-refractivity contribution in [3.05, 3.63) is 77.5 Å². The van der Waals surface area contributed by atoms with Crippen LogP contribution in [-0.4, -0.2) is 31.4 Å². The summed E-state index contributed by atoms with van der Waals surface area (Å²) in [6.07, 6.45) is 0.958. The molecule has 0 aliphatic heterocycles. The van der Waals surface area contributed by atoms with E-state index in [9.17, 15) is 15.0 Å². The van der Waals surface area contributed by atoms with Gasteiger partial charge < -0.3 is 10.2 Å². The highest BCUT2D eigenvalue weighted by molar-refractivity contribution is 6.04. The van der Waals surface area contributed by atoms with Crippen molar-refractivity contribution in [3.8, 4) is 17.0 Å². The summed E-state index contributed by atoms with van der Waals surface area (Å²) in [7, 11) is 0. The number of nitrogens with zero attached hydrogens (tertiary/aromatic N) is 2. The molecule has 1 aliphatic rings. The number of benzene rings is 2. The maximum absolute atomic E-state index is 12.0. The molecule has 2 heterocycles. The summed E-state index contributed by atoms with van der Waals surface area (Å²) < 4.78 is 0. The Bertz CT molecular complexity index is 1180. The second-order valence-corrected chi connectivity index (χ2v) is 7.10. The second kappa shape index (κ2) is 6.20. The monoisotopic (exact) mass is 371 g/mol. The van der Waals surface area contributed by atoms with E-state index >= 15 is 0 Å². The molecule has 0 saturated heterocycles. The lowest BCUT2D eigenvalue weighted by molar-refractivity contribution is 0.0699. The normalized spacial score (nSPS) is 18.3. The number of phenols is 1. The number of hydrogen-bond acceptors (Lipinski definition) is 4. The summed E-state index contributed by atoms with van der Waals surface area (Å²) in [5, 5.41) is 27.2. The van der Waals surface area contributed by atoms with E-state index in [1.807, 2.05) is 18.2 Å². The van der Waals surface area contributed by atoms with Crippen LogP contribution >= 0.6 is 0 Å². The second-order valence-electron chi connectivity index (χ2n) is 7.10. The van der Waals surface area contributed by atoms with Gasteiger partial charge in [-0.1, -0.05) is 30.3 Å². The molecular formula is C22H17N3O3. The third-order valence-electron chi connectivity index (χ3n) is 5.33. The molecule has 1 saturated carbocycles. The lowest BCUT2D eigenvalue weighted by Crippen LogP contribution is -2.01. The lowest BCUT2D eigenvalue weighted by atomic mass is 10.0. The highest BCUT2D eigenvalue weighted by Gasteiger charge is 2.42. The molecule has 2 atom stereocenters. The van der Waals surface area contributed by atoms with Gasteiger partial charge in [-0.3, -0.25) is 5.10 Å². The molecule has 28 heavy (non-hydrogen) atoms. The predicted octanol–water partition coefficient (Wildman–Crippen LogP) is 4.30. The van der Waals surface area contributed by atoms with Crippen molar-refractivity contribution in [3.63, 3.8) is 0 Å². The maximum atomic E-state index is 12.0. The molecular weight excluding hydrogens is 354 g/mol. The number of rotatable bonds is 4. The number of aromatic hydroxyl groups is 1. The molecule has 0 spiro atoms. The average molecular weight is 371 g/mol. The number of aromatic nitrogens is 3. The number of phenolic OH excluding ortho intramolecular Hbond substituents is 1. The lowest BCUT2D eigenvalue weighted by Gasteiger charge is -2.06. The third-order valence-corrected chi connectivity index (χ3v) is 5.33. The van der Waals surface area contributed by atoms with Gasteiger partial charge in [0, 0.05) is 17.2 Å². The minimum atomic E-state index is -1.01. The number of aromatic carboxylic acids is 1. The standard InChI is InChI=1S/C22H17N3O3/c26-14-8-6-13(7-9-14)18-11-17(22(27)28)19-20(24-25-21(19)23-18)16-10-15(16)12-4-2-1-3-5-12/h1-9,11,15-16,26H,10H2,(H,27,28)(H,23,24,25)/t15-,16+/m1/s1.